The number of fused-ring (bicyclic) bond motifs is 2. The molecule has 1 aliphatic heterocycles. The molecule has 0 unspecified atom stereocenters. The van der Waals surface area contributed by atoms with Crippen molar-refractivity contribution in [2.75, 3.05) is 0 Å². The molecule has 0 spiro atoms. The van der Waals surface area contributed by atoms with Crippen LogP contribution in [0.15, 0.2) is 40.0 Å². The van der Waals surface area contributed by atoms with Crippen molar-refractivity contribution < 1.29 is 0 Å². The number of allylic oxidation sites excluding steroid dienone is 4. The second kappa shape index (κ2) is 2.95. The van der Waals surface area contributed by atoms with E-state index < -0.39 is 0 Å². The van der Waals surface area contributed by atoms with E-state index in [1.165, 1.54) is 17.5 Å². The molecule has 0 atom stereocenters. The summed E-state index contributed by atoms with van der Waals surface area (Å²) in [4.78, 5) is 0. The molecule has 1 radical (unpaired) electrons. The second-order valence-electron chi connectivity index (χ2n) is 3.40. The summed E-state index contributed by atoms with van der Waals surface area (Å²) >= 11 is -0.327. The number of hydrogen-bond acceptors (Lipinski definition) is 0. The summed E-state index contributed by atoms with van der Waals surface area (Å²) in [6.45, 7) is 0. The molecule has 2 aliphatic rings. The predicted octanol–water partition coefficient (Wildman–Crippen LogP) is 2.03. The van der Waals surface area contributed by atoms with Gasteiger partial charge in [-0.1, -0.05) is 0 Å². The van der Waals surface area contributed by atoms with Crippen LogP contribution in [0.2, 0.25) is 0 Å². The molecule has 0 saturated carbocycles. The van der Waals surface area contributed by atoms with E-state index in [0.717, 1.165) is 0 Å². The van der Waals surface area contributed by atoms with Crippen LogP contribution in [0.5, 0.6) is 0 Å². The average molecular weight is 272 g/mol. The minimum atomic E-state index is -0.327. The maximum absolute atomic E-state index is 2.41. The quantitative estimate of drug-likeness (QED) is 0.634. The fourth-order valence-corrected chi connectivity index (χ4v) is 5.02. The van der Waals surface area contributed by atoms with Gasteiger partial charge in [-0.2, -0.15) is 0 Å². The molecule has 0 nitrogen and oxygen atoms in total. The molecule has 3 rings (SSSR count). The fourth-order valence-electron chi connectivity index (χ4n) is 2.00. The minimum absolute atomic E-state index is 0.327. The Morgan fingerprint density at radius 2 is 2.08 bits per heavy atom. The van der Waals surface area contributed by atoms with Gasteiger partial charge in [0, 0.05) is 0 Å². The van der Waals surface area contributed by atoms with Gasteiger partial charge < -0.3 is 0 Å². The van der Waals surface area contributed by atoms with Gasteiger partial charge in [-0.3, -0.25) is 0 Å². The fraction of sp³-hybridized carbons (Fsp3) is 0.0833. The first-order valence-electron chi connectivity index (χ1n) is 4.53. The van der Waals surface area contributed by atoms with E-state index in [1.807, 2.05) is 0 Å². The third kappa shape index (κ3) is 1.16. The molecule has 61 valence electrons. The van der Waals surface area contributed by atoms with Crippen molar-refractivity contribution in [3.63, 3.8) is 0 Å². The molecule has 0 bridgehead atoms. The summed E-state index contributed by atoms with van der Waals surface area (Å²) < 4.78 is 4.17. The van der Waals surface area contributed by atoms with Crippen molar-refractivity contribution in [1.82, 2.24) is 0 Å². The molecule has 0 saturated heterocycles. The molecule has 1 heterocycles. The zero-order valence-electron chi connectivity index (χ0n) is 7.25. The number of hydrogen-bond donors (Lipinski definition) is 0. The van der Waals surface area contributed by atoms with Crippen LogP contribution in [-0.4, -0.2) is 24.7 Å². The zero-order valence-corrected chi connectivity index (χ0v) is 10.1. The third-order valence-corrected chi connectivity index (χ3v) is 5.91. The molecule has 0 fully saturated rings. The van der Waals surface area contributed by atoms with Crippen LogP contribution < -0.4 is 0 Å². The molecular weight excluding hydrogens is 263 g/mol. The van der Waals surface area contributed by atoms with Crippen molar-refractivity contribution in [1.29, 1.82) is 0 Å². The normalized spacial score (nSPS) is 17.5. The van der Waals surface area contributed by atoms with Gasteiger partial charge >= 0.3 is 87.8 Å². The SMILES string of the molecule is C1=CC2=[C](Cc3ccccc32)[Sn]=[CH]1. The Bertz CT molecular complexity index is 450. The first-order chi connectivity index (χ1) is 6.45. The van der Waals surface area contributed by atoms with Gasteiger partial charge in [0.1, 0.15) is 0 Å². The van der Waals surface area contributed by atoms with Gasteiger partial charge in [0.15, 0.2) is 0 Å². The van der Waals surface area contributed by atoms with Crippen molar-refractivity contribution in [2.24, 2.45) is 0 Å². The van der Waals surface area contributed by atoms with Crippen LogP contribution in [0.3, 0.4) is 0 Å². The zero-order chi connectivity index (χ0) is 8.67. The summed E-state index contributed by atoms with van der Waals surface area (Å²) in [6, 6.07) is 8.81. The number of rotatable bonds is 0. The van der Waals surface area contributed by atoms with E-state index in [1.54, 1.807) is 9.16 Å². The molecule has 0 N–H and O–H groups in total. The Labute approximate surface area is 87.7 Å². The topological polar surface area (TPSA) is 0 Å². The summed E-state index contributed by atoms with van der Waals surface area (Å²) in [5.41, 5.74) is 4.57. The van der Waals surface area contributed by atoms with Gasteiger partial charge in [-0.05, 0) is 0 Å². The Morgan fingerprint density at radius 3 is 3.08 bits per heavy atom. The molecular formula is C12H9Sn. The van der Waals surface area contributed by atoms with Gasteiger partial charge in [0.25, 0.3) is 0 Å². The average Bonchev–Trinajstić information content (AvgIpc) is 2.56. The van der Waals surface area contributed by atoms with Crippen molar-refractivity contribution in [2.45, 2.75) is 6.42 Å². The predicted molar refractivity (Wildman–Crippen MR) is 58.0 cm³/mol. The summed E-state index contributed by atoms with van der Waals surface area (Å²) in [7, 11) is 0. The molecule has 1 aromatic carbocycles. The summed E-state index contributed by atoms with van der Waals surface area (Å²) in [5, 5.41) is 0. The van der Waals surface area contributed by atoms with Crippen LogP contribution >= 0.6 is 0 Å². The van der Waals surface area contributed by atoms with Crippen LogP contribution in [0, 0.1) is 0 Å². The van der Waals surface area contributed by atoms with E-state index in [-0.39, 0.29) is 20.7 Å². The third-order valence-electron chi connectivity index (χ3n) is 2.62. The Morgan fingerprint density at radius 1 is 1.15 bits per heavy atom. The standard InChI is InChI=1S/C12H9.Sn/c1-2-5-10-8-9-11-6-3-4-7-12(10)11;/h1-7H,9H2;. The first kappa shape index (κ1) is 7.74. The van der Waals surface area contributed by atoms with E-state index >= 15 is 0 Å². The van der Waals surface area contributed by atoms with Gasteiger partial charge in [0.2, 0.25) is 0 Å². The van der Waals surface area contributed by atoms with Crippen LogP contribution in [-0.2, 0) is 6.42 Å². The first-order valence-corrected chi connectivity index (χ1v) is 7.60. The second-order valence-corrected chi connectivity index (χ2v) is 6.89. The molecule has 13 heavy (non-hydrogen) atoms. The van der Waals surface area contributed by atoms with Crippen molar-refractivity contribution in [3.05, 3.63) is 51.1 Å². The number of benzene rings is 1. The molecule has 0 aromatic heterocycles. The monoisotopic (exact) mass is 273 g/mol. The Hall–Kier alpha value is -0.631. The molecule has 0 amide bonds. The van der Waals surface area contributed by atoms with Gasteiger partial charge in [0.05, 0.1) is 0 Å². The van der Waals surface area contributed by atoms with Crippen LogP contribution in [0.4, 0.5) is 0 Å². The van der Waals surface area contributed by atoms with Crippen LogP contribution in [0.25, 0.3) is 5.57 Å². The molecule has 1 aromatic rings. The molecule has 1 heteroatoms. The molecule has 1 aliphatic carbocycles. The van der Waals surface area contributed by atoms with Crippen molar-refractivity contribution in [3.8, 4) is 0 Å². The Kier molecular flexibility index (Phi) is 1.75. The summed E-state index contributed by atoms with van der Waals surface area (Å²) in [5.74, 6) is 0. The van der Waals surface area contributed by atoms with E-state index in [2.05, 4.69) is 40.4 Å². The Balaban J connectivity index is 2.24. The van der Waals surface area contributed by atoms with Gasteiger partial charge in [-0.25, -0.2) is 0 Å². The summed E-state index contributed by atoms with van der Waals surface area (Å²) in [6.07, 6.45) is 5.76. The van der Waals surface area contributed by atoms with E-state index in [0.29, 0.717) is 0 Å². The van der Waals surface area contributed by atoms with Crippen molar-refractivity contribution >= 4 is 30.3 Å². The maximum atomic E-state index is 2.41. The van der Waals surface area contributed by atoms with E-state index in [9.17, 15) is 0 Å². The van der Waals surface area contributed by atoms with Crippen LogP contribution in [0.1, 0.15) is 11.1 Å². The van der Waals surface area contributed by atoms with Gasteiger partial charge in [-0.15, -0.1) is 0 Å². The van der Waals surface area contributed by atoms with E-state index in [4.69, 9.17) is 0 Å².